The number of carbonyl (C=O) groups is 1. The fourth-order valence-electron chi connectivity index (χ4n) is 1.82. The van der Waals surface area contributed by atoms with Gasteiger partial charge in [-0.05, 0) is 52.4 Å². The van der Waals surface area contributed by atoms with Crippen molar-refractivity contribution in [3.05, 3.63) is 67.5 Å². The minimum Gasteiger partial charge on any atom is -0.292 e. The van der Waals surface area contributed by atoms with Crippen molar-refractivity contribution in [3.8, 4) is 6.07 Å². The molecule has 0 aromatic heterocycles. The molecule has 1 unspecified atom stereocenters. The molecule has 5 heteroatoms. The van der Waals surface area contributed by atoms with Gasteiger partial charge in [0.25, 0.3) is 0 Å². The van der Waals surface area contributed by atoms with Crippen LogP contribution in [0.2, 0.25) is 0 Å². The Morgan fingerprint density at radius 3 is 2.60 bits per heavy atom. The molecule has 0 aliphatic rings. The molecule has 0 saturated heterocycles. The first-order chi connectivity index (χ1) is 9.54. The van der Waals surface area contributed by atoms with Crippen molar-refractivity contribution in [1.29, 1.82) is 5.26 Å². The molecule has 0 bridgehead atoms. The number of halogens is 3. The molecule has 0 aliphatic heterocycles. The van der Waals surface area contributed by atoms with Gasteiger partial charge in [0.1, 0.15) is 11.7 Å². The molecule has 1 atom stereocenters. The van der Waals surface area contributed by atoms with Crippen molar-refractivity contribution >= 4 is 44.3 Å². The fraction of sp³-hybridized carbons (Fsp3) is 0.0667. The maximum Gasteiger partial charge on any atom is 0.185 e. The van der Waals surface area contributed by atoms with E-state index in [2.05, 4.69) is 15.9 Å². The van der Waals surface area contributed by atoms with Crippen LogP contribution < -0.4 is 0 Å². The van der Waals surface area contributed by atoms with E-state index in [0.717, 1.165) is 0 Å². The first-order valence-corrected chi connectivity index (χ1v) is 7.55. The minimum absolute atomic E-state index is 0.330. The van der Waals surface area contributed by atoms with E-state index >= 15 is 0 Å². The average molecular weight is 444 g/mol. The van der Waals surface area contributed by atoms with E-state index in [1.165, 1.54) is 18.2 Å². The fourth-order valence-corrected chi connectivity index (χ4v) is 3.08. The van der Waals surface area contributed by atoms with Gasteiger partial charge >= 0.3 is 0 Å². The van der Waals surface area contributed by atoms with E-state index < -0.39 is 11.7 Å². The SMILES string of the molecule is N#CC(C(=O)c1ccc(F)cc1I)c1ccccc1Br. The molecule has 0 aliphatic carbocycles. The van der Waals surface area contributed by atoms with E-state index in [9.17, 15) is 14.4 Å². The standard InChI is InChI=1S/C15H8BrFINO/c16-13-4-2-1-3-10(13)12(8-19)15(20)11-6-5-9(17)7-14(11)18/h1-7,12H. The molecule has 0 radical (unpaired) electrons. The molecular weight excluding hydrogens is 436 g/mol. The van der Waals surface area contributed by atoms with Gasteiger partial charge in [-0.2, -0.15) is 5.26 Å². The summed E-state index contributed by atoms with van der Waals surface area (Å²) < 4.78 is 14.3. The van der Waals surface area contributed by atoms with Crippen molar-refractivity contribution in [2.75, 3.05) is 0 Å². The third-order valence-electron chi connectivity index (χ3n) is 2.80. The number of hydrogen-bond donors (Lipinski definition) is 0. The van der Waals surface area contributed by atoms with Crippen LogP contribution in [0.25, 0.3) is 0 Å². The molecule has 2 aromatic carbocycles. The normalized spacial score (nSPS) is 11.7. The van der Waals surface area contributed by atoms with Gasteiger partial charge in [0.15, 0.2) is 5.78 Å². The summed E-state index contributed by atoms with van der Waals surface area (Å²) in [4.78, 5) is 12.5. The molecule has 100 valence electrons. The molecule has 0 spiro atoms. The van der Waals surface area contributed by atoms with Crippen LogP contribution in [0.5, 0.6) is 0 Å². The first kappa shape index (κ1) is 15.1. The number of ketones is 1. The Balaban J connectivity index is 2.45. The lowest BCUT2D eigenvalue weighted by molar-refractivity contribution is 0.0977. The maximum absolute atomic E-state index is 13.1. The summed E-state index contributed by atoms with van der Waals surface area (Å²) in [7, 11) is 0. The molecular formula is C15H8BrFINO. The van der Waals surface area contributed by atoms with E-state index in [1.807, 2.05) is 34.7 Å². The van der Waals surface area contributed by atoms with Gasteiger partial charge in [-0.3, -0.25) is 4.79 Å². The Labute approximate surface area is 137 Å². The molecule has 0 saturated carbocycles. The Kier molecular flexibility index (Phi) is 4.89. The van der Waals surface area contributed by atoms with E-state index in [0.29, 0.717) is 19.2 Å². The monoisotopic (exact) mass is 443 g/mol. The van der Waals surface area contributed by atoms with E-state index in [-0.39, 0.29) is 5.78 Å². The van der Waals surface area contributed by atoms with Crippen LogP contribution in [0, 0.1) is 20.7 Å². The van der Waals surface area contributed by atoms with Crippen molar-refractivity contribution < 1.29 is 9.18 Å². The molecule has 2 nitrogen and oxygen atoms in total. The number of rotatable bonds is 3. The van der Waals surface area contributed by atoms with Crippen molar-refractivity contribution in [1.82, 2.24) is 0 Å². The minimum atomic E-state index is -0.912. The molecule has 0 amide bonds. The van der Waals surface area contributed by atoms with Gasteiger partial charge in [0.05, 0.1) is 6.07 Å². The van der Waals surface area contributed by atoms with Gasteiger partial charge in [-0.15, -0.1) is 0 Å². The highest BCUT2D eigenvalue weighted by molar-refractivity contribution is 14.1. The summed E-state index contributed by atoms with van der Waals surface area (Å²) in [5, 5.41) is 9.31. The van der Waals surface area contributed by atoms with E-state index in [4.69, 9.17) is 0 Å². The predicted molar refractivity (Wildman–Crippen MR) is 85.9 cm³/mol. The van der Waals surface area contributed by atoms with Gasteiger partial charge in [-0.1, -0.05) is 34.1 Å². The summed E-state index contributed by atoms with van der Waals surface area (Å²) >= 11 is 5.24. The van der Waals surface area contributed by atoms with Crippen molar-refractivity contribution in [3.63, 3.8) is 0 Å². The van der Waals surface area contributed by atoms with Crippen LogP contribution >= 0.6 is 38.5 Å². The summed E-state index contributed by atoms with van der Waals surface area (Å²) in [5.41, 5.74) is 0.967. The summed E-state index contributed by atoms with van der Waals surface area (Å²) in [6.07, 6.45) is 0. The van der Waals surface area contributed by atoms with Crippen LogP contribution in [-0.2, 0) is 0 Å². The number of nitrogens with zero attached hydrogens (tertiary/aromatic N) is 1. The highest BCUT2D eigenvalue weighted by Gasteiger charge is 2.25. The number of carbonyl (C=O) groups excluding carboxylic acids is 1. The lowest BCUT2D eigenvalue weighted by atomic mass is 9.92. The maximum atomic E-state index is 13.1. The van der Waals surface area contributed by atoms with Gasteiger partial charge < -0.3 is 0 Å². The second-order valence-electron chi connectivity index (χ2n) is 4.07. The summed E-state index contributed by atoms with van der Waals surface area (Å²) in [5.74, 6) is -1.64. The van der Waals surface area contributed by atoms with Crippen LogP contribution in [0.15, 0.2) is 46.9 Å². The average Bonchev–Trinajstić information content (AvgIpc) is 2.41. The number of Topliss-reactive ketones (excluding diaryl/α,β-unsaturated/α-hetero) is 1. The molecule has 2 aromatic rings. The van der Waals surface area contributed by atoms with Gasteiger partial charge in [0, 0.05) is 13.6 Å². The Bertz CT molecular complexity index is 711. The van der Waals surface area contributed by atoms with E-state index in [1.54, 1.807) is 18.2 Å². The topological polar surface area (TPSA) is 40.9 Å². The zero-order valence-corrected chi connectivity index (χ0v) is 13.9. The first-order valence-electron chi connectivity index (χ1n) is 5.68. The predicted octanol–water partition coefficient (Wildman–Crippen LogP) is 4.68. The molecule has 0 heterocycles. The molecule has 20 heavy (non-hydrogen) atoms. The molecule has 2 rings (SSSR count). The van der Waals surface area contributed by atoms with Crippen LogP contribution in [-0.4, -0.2) is 5.78 Å². The Morgan fingerprint density at radius 1 is 1.30 bits per heavy atom. The zero-order chi connectivity index (χ0) is 14.7. The smallest absolute Gasteiger partial charge is 0.185 e. The van der Waals surface area contributed by atoms with Crippen molar-refractivity contribution in [2.45, 2.75) is 5.92 Å². The highest BCUT2D eigenvalue weighted by Crippen LogP contribution is 2.29. The summed E-state index contributed by atoms with van der Waals surface area (Å²) in [6, 6.07) is 13.0. The molecule has 0 fully saturated rings. The highest BCUT2D eigenvalue weighted by atomic mass is 127. The number of benzene rings is 2. The van der Waals surface area contributed by atoms with Gasteiger partial charge in [0.2, 0.25) is 0 Å². The van der Waals surface area contributed by atoms with Crippen LogP contribution in [0.1, 0.15) is 21.8 Å². The van der Waals surface area contributed by atoms with Crippen LogP contribution in [0.4, 0.5) is 4.39 Å². The largest absolute Gasteiger partial charge is 0.292 e. The second kappa shape index (κ2) is 6.46. The third kappa shape index (κ3) is 3.07. The lowest BCUT2D eigenvalue weighted by Gasteiger charge is -2.11. The Hall–Kier alpha value is -1.26. The van der Waals surface area contributed by atoms with Crippen LogP contribution in [0.3, 0.4) is 0 Å². The number of nitriles is 1. The third-order valence-corrected chi connectivity index (χ3v) is 4.42. The Morgan fingerprint density at radius 2 is 2.00 bits per heavy atom. The zero-order valence-electron chi connectivity index (χ0n) is 10.1. The second-order valence-corrected chi connectivity index (χ2v) is 6.09. The quantitative estimate of drug-likeness (QED) is 0.510. The van der Waals surface area contributed by atoms with Crippen molar-refractivity contribution in [2.24, 2.45) is 0 Å². The number of hydrogen-bond acceptors (Lipinski definition) is 2. The lowest BCUT2D eigenvalue weighted by Crippen LogP contribution is -2.13. The van der Waals surface area contributed by atoms with Gasteiger partial charge in [-0.25, -0.2) is 4.39 Å². The molecule has 0 N–H and O–H groups in total. The summed E-state index contributed by atoms with van der Waals surface area (Å²) in [6.45, 7) is 0.